The third kappa shape index (κ3) is 3.92. The number of ether oxygens (including phenoxy) is 1. The molecule has 0 atom stereocenters. The summed E-state index contributed by atoms with van der Waals surface area (Å²) in [6.07, 6.45) is 3.48. The zero-order chi connectivity index (χ0) is 23.1. The Morgan fingerprint density at radius 1 is 1.18 bits per heavy atom. The predicted molar refractivity (Wildman–Crippen MR) is 125 cm³/mol. The van der Waals surface area contributed by atoms with Crippen molar-refractivity contribution in [2.75, 3.05) is 25.5 Å². The van der Waals surface area contributed by atoms with Gasteiger partial charge in [-0.05, 0) is 24.3 Å². The minimum Gasteiger partial charge on any atom is -0.375 e. The van der Waals surface area contributed by atoms with Gasteiger partial charge in [0.2, 0.25) is 0 Å². The van der Waals surface area contributed by atoms with Crippen LogP contribution in [0.3, 0.4) is 0 Å². The van der Waals surface area contributed by atoms with Crippen molar-refractivity contribution in [1.29, 1.82) is 0 Å². The highest BCUT2D eigenvalue weighted by Crippen LogP contribution is 2.34. The van der Waals surface area contributed by atoms with Crippen LogP contribution in [-0.4, -0.2) is 45.5 Å². The van der Waals surface area contributed by atoms with E-state index in [4.69, 9.17) is 16.3 Å². The molecule has 4 bridgehead atoms. The summed E-state index contributed by atoms with van der Waals surface area (Å²) in [5.74, 6) is -0.421. The average molecular weight is 466 g/mol. The van der Waals surface area contributed by atoms with Gasteiger partial charge in [-0.3, -0.25) is 9.78 Å². The molecular weight excluding hydrogens is 445 g/mol. The lowest BCUT2D eigenvalue weighted by Crippen LogP contribution is -2.32. The number of nitrogens with zero attached hydrogens (tertiary/aromatic N) is 4. The van der Waals surface area contributed by atoms with E-state index < -0.39 is 5.82 Å². The summed E-state index contributed by atoms with van der Waals surface area (Å²) >= 11 is 6.08. The lowest BCUT2D eigenvalue weighted by molar-refractivity contribution is 0.0658. The molecule has 0 aliphatic carbocycles. The number of rotatable bonds is 0. The summed E-state index contributed by atoms with van der Waals surface area (Å²) < 4.78 is 22.6. The smallest absolute Gasteiger partial charge is 0.289 e. The van der Waals surface area contributed by atoms with E-state index in [9.17, 15) is 4.79 Å². The maximum atomic E-state index is 15.1. The second-order valence-corrected chi connectivity index (χ2v) is 8.36. The first-order chi connectivity index (χ1) is 15.9. The highest BCUT2D eigenvalue weighted by atomic mass is 35.5. The number of aryl methyl sites for hydroxylation is 1. The van der Waals surface area contributed by atoms with Crippen molar-refractivity contribution in [3.8, 4) is 11.3 Å². The number of anilines is 2. The van der Waals surface area contributed by atoms with Crippen molar-refractivity contribution in [3.63, 3.8) is 0 Å². The van der Waals surface area contributed by atoms with Crippen molar-refractivity contribution < 1.29 is 13.9 Å². The summed E-state index contributed by atoms with van der Waals surface area (Å²) in [5, 5.41) is 4.00. The summed E-state index contributed by atoms with van der Waals surface area (Å²) in [6.45, 7) is 0.793. The van der Waals surface area contributed by atoms with E-state index in [0.29, 0.717) is 29.3 Å². The Morgan fingerprint density at radius 2 is 2.03 bits per heavy atom. The van der Waals surface area contributed by atoms with E-state index in [0.717, 1.165) is 16.5 Å². The molecule has 33 heavy (non-hydrogen) atoms. The first kappa shape index (κ1) is 21.4. The van der Waals surface area contributed by atoms with Gasteiger partial charge in [0.25, 0.3) is 5.91 Å². The van der Waals surface area contributed by atoms with Gasteiger partial charge in [0.05, 0.1) is 35.1 Å². The standard InChI is InChI=1S/C24H21ClFN5O2/c1-30-9-10-33-13-15-3-5-17(25)21(26)22(15)28-19-7-8-27-18-6-4-14(11-16(18)19)20-12-31(2)23(29-20)24(30)32/h3-8,11-12,28H,9-10,13H2,1-2H3. The van der Waals surface area contributed by atoms with Crippen LogP contribution in [-0.2, 0) is 18.4 Å². The lowest BCUT2D eigenvalue weighted by Gasteiger charge is -2.18. The van der Waals surface area contributed by atoms with E-state index >= 15 is 4.39 Å². The molecule has 0 saturated carbocycles. The third-order valence-corrected chi connectivity index (χ3v) is 6.01. The molecule has 2 aromatic carbocycles. The Balaban J connectivity index is 1.70. The number of halogens is 2. The Kier molecular flexibility index (Phi) is 5.47. The fourth-order valence-electron chi connectivity index (χ4n) is 3.86. The molecule has 0 saturated heterocycles. The minimum atomic E-state index is -0.554. The van der Waals surface area contributed by atoms with Gasteiger partial charge in [-0.25, -0.2) is 9.37 Å². The summed E-state index contributed by atoms with van der Waals surface area (Å²) in [4.78, 5) is 23.5. The van der Waals surface area contributed by atoms with Gasteiger partial charge in [0.15, 0.2) is 11.6 Å². The molecule has 0 radical (unpaired) electrons. The summed E-state index contributed by atoms with van der Waals surface area (Å²) in [5.41, 5.74) is 3.74. The van der Waals surface area contributed by atoms with Crippen LogP contribution in [0.5, 0.6) is 0 Å². The molecule has 1 aliphatic rings. The number of carbonyl (C=O) groups is 1. The van der Waals surface area contributed by atoms with Crippen LogP contribution in [0.15, 0.2) is 48.8 Å². The van der Waals surface area contributed by atoms with E-state index in [1.54, 1.807) is 41.9 Å². The number of fused-ring (bicyclic) bond motifs is 5. The van der Waals surface area contributed by atoms with Gasteiger partial charge < -0.3 is 19.5 Å². The SMILES string of the molecule is CN1CCOCc2ccc(Cl)c(F)c2Nc2ccnc3ccc(cc23)-c2cn(C)c(n2)C1=O. The maximum Gasteiger partial charge on any atom is 0.289 e. The highest BCUT2D eigenvalue weighted by molar-refractivity contribution is 6.31. The van der Waals surface area contributed by atoms with Crippen LogP contribution < -0.4 is 5.32 Å². The van der Waals surface area contributed by atoms with Crippen molar-refractivity contribution in [3.05, 3.63) is 71.0 Å². The molecule has 1 N–H and O–H groups in total. The largest absolute Gasteiger partial charge is 0.375 e. The zero-order valence-corrected chi connectivity index (χ0v) is 18.9. The Morgan fingerprint density at radius 3 is 2.88 bits per heavy atom. The quantitative estimate of drug-likeness (QED) is 0.405. The van der Waals surface area contributed by atoms with E-state index in [2.05, 4.69) is 15.3 Å². The highest BCUT2D eigenvalue weighted by Gasteiger charge is 2.20. The summed E-state index contributed by atoms with van der Waals surface area (Å²) in [6, 6.07) is 10.7. The molecule has 4 aromatic rings. The van der Waals surface area contributed by atoms with Gasteiger partial charge in [-0.1, -0.05) is 23.7 Å². The number of likely N-dealkylation sites (N-methyl/N-ethyl adjacent to an activating group) is 1. The molecule has 0 unspecified atom stereocenters. The normalized spacial score (nSPS) is 14.4. The van der Waals surface area contributed by atoms with Gasteiger partial charge in [0, 0.05) is 55.2 Å². The molecule has 1 amide bonds. The molecule has 0 fully saturated rings. The first-order valence-corrected chi connectivity index (χ1v) is 10.8. The molecule has 2 aromatic heterocycles. The molecular formula is C24H21ClFN5O2. The number of nitrogens with one attached hydrogen (secondary N) is 1. The molecule has 1 aliphatic heterocycles. The average Bonchev–Trinajstić information content (AvgIpc) is 3.21. The van der Waals surface area contributed by atoms with Crippen LogP contribution in [0.4, 0.5) is 15.8 Å². The topological polar surface area (TPSA) is 72.3 Å². The van der Waals surface area contributed by atoms with Gasteiger partial charge in [-0.15, -0.1) is 0 Å². The molecule has 9 heteroatoms. The van der Waals surface area contributed by atoms with Crippen LogP contribution in [0.25, 0.3) is 22.2 Å². The summed E-state index contributed by atoms with van der Waals surface area (Å²) in [7, 11) is 3.49. The third-order valence-electron chi connectivity index (χ3n) is 5.72. The second kappa shape index (κ2) is 8.46. The van der Waals surface area contributed by atoms with Crippen molar-refractivity contribution in [2.45, 2.75) is 6.61 Å². The molecule has 168 valence electrons. The number of hydrogen-bond donors (Lipinski definition) is 1. The number of aromatic nitrogens is 3. The number of imidazole rings is 1. The number of amides is 1. The monoisotopic (exact) mass is 465 g/mol. The van der Waals surface area contributed by atoms with Crippen molar-refractivity contribution >= 4 is 39.8 Å². The Bertz CT molecular complexity index is 1390. The minimum absolute atomic E-state index is 0.0149. The number of benzene rings is 2. The van der Waals surface area contributed by atoms with E-state index in [-0.39, 0.29) is 29.8 Å². The van der Waals surface area contributed by atoms with E-state index in [1.807, 2.05) is 24.4 Å². The van der Waals surface area contributed by atoms with Crippen LogP contribution in [0.2, 0.25) is 5.02 Å². The second-order valence-electron chi connectivity index (χ2n) is 7.95. The van der Waals surface area contributed by atoms with Gasteiger partial charge in [0.1, 0.15) is 0 Å². The van der Waals surface area contributed by atoms with Crippen molar-refractivity contribution in [1.82, 2.24) is 19.4 Å². The molecule has 0 spiro atoms. The number of hydrogen-bond acceptors (Lipinski definition) is 5. The van der Waals surface area contributed by atoms with Crippen LogP contribution in [0, 0.1) is 5.82 Å². The predicted octanol–water partition coefficient (Wildman–Crippen LogP) is 4.77. The Hall–Kier alpha value is -3.49. The first-order valence-electron chi connectivity index (χ1n) is 10.4. The fraction of sp³-hybridized carbons (Fsp3) is 0.208. The maximum absolute atomic E-state index is 15.1. The fourth-order valence-corrected chi connectivity index (χ4v) is 4.01. The molecule has 7 nitrogen and oxygen atoms in total. The van der Waals surface area contributed by atoms with E-state index in [1.165, 1.54) is 6.07 Å². The Labute approximate surface area is 194 Å². The molecule has 3 heterocycles. The number of pyridine rings is 1. The van der Waals surface area contributed by atoms with Gasteiger partial charge in [-0.2, -0.15) is 0 Å². The van der Waals surface area contributed by atoms with Crippen LogP contribution in [0.1, 0.15) is 16.2 Å². The number of carbonyl (C=O) groups excluding carboxylic acids is 1. The van der Waals surface area contributed by atoms with Crippen LogP contribution >= 0.6 is 11.6 Å². The van der Waals surface area contributed by atoms with Crippen molar-refractivity contribution in [2.24, 2.45) is 7.05 Å². The zero-order valence-electron chi connectivity index (χ0n) is 18.1. The van der Waals surface area contributed by atoms with Gasteiger partial charge >= 0.3 is 0 Å². The lowest BCUT2D eigenvalue weighted by atomic mass is 10.1. The molecule has 5 rings (SSSR count).